The molecule has 0 aliphatic carbocycles. The summed E-state index contributed by atoms with van der Waals surface area (Å²) in [7, 11) is 0. The average Bonchev–Trinajstić information content (AvgIpc) is 3.45. The molecular weight excluding hydrogens is 487 g/mol. The number of rotatable bonds is 6. The molecule has 1 aromatic heterocycles. The Balaban J connectivity index is 1.09. The summed E-state index contributed by atoms with van der Waals surface area (Å²) < 4.78 is 21.6. The number of aliphatic hydroxyl groups excluding tert-OH is 1. The molecule has 2 amide bonds. The van der Waals surface area contributed by atoms with Crippen LogP contribution in [0.15, 0.2) is 52.2 Å². The van der Waals surface area contributed by atoms with Gasteiger partial charge in [-0.25, -0.2) is 9.18 Å². The first-order chi connectivity index (χ1) is 17.4. The molecule has 186 valence electrons. The minimum atomic E-state index is -0.938. The van der Waals surface area contributed by atoms with E-state index in [0.717, 1.165) is 10.3 Å². The van der Waals surface area contributed by atoms with Gasteiger partial charge in [-0.3, -0.25) is 14.5 Å². The maximum Gasteiger partial charge on any atom is 0.414 e. The van der Waals surface area contributed by atoms with E-state index in [1.165, 1.54) is 28.8 Å². The summed E-state index contributed by atoms with van der Waals surface area (Å²) in [5.74, 6) is -0.121. The van der Waals surface area contributed by atoms with E-state index in [-0.39, 0.29) is 30.2 Å². The number of nitrogens with one attached hydrogen (secondary N) is 2. The molecule has 0 radical (unpaired) electrons. The van der Waals surface area contributed by atoms with E-state index in [1.54, 1.807) is 28.8 Å². The fraction of sp³-hybridized carbons (Fsp3) is 0.320. The van der Waals surface area contributed by atoms with Crippen LogP contribution in [0.5, 0.6) is 0 Å². The van der Waals surface area contributed by atoms with Crippen molar-refractivity contribution in [2.24, 2.45) is 0 Å². The molecule has 4 heterocycles. The quantitative estimate of drug-likeness (QED) is 0.467. The van der Waals surface area contributed by atoms with Crippen LogP contribution in [0.1, 0.15) is 18.0 Å². The van der Waals surface area contributed by atoms with Gasteiger partial charge in [-0.2, -0.15) is 0 Å². The minimum absolute atomic E-state index is 0.0965. The monoisotopic (exact) mass is 510 g/mol. The normalized spacial score (nSPS) is 21.4. The Kier molecular flexibility index (Phi) is 5.70. The number of carbonyl (C=O) groups excluding carboxylic acids is 2. The Labute approximate surface area is 209 Å². The zero-order chi connectivity index (χ0) is 25.0. The number of cyclic esters (lactones) is 1. The molecule has 0 unspecified atom stereocenters. The number of pyridine rings is 1. The van der Waals surface area contributed by atoms with Crippen molar-refractivity contribution in [3.63, 3.8) is 0 Å². The van der Waals surface area contributed by atoms with E-state index in [2.05, 4.69) is 10.6 Å². The first-order valence-corrected chi connectivity index (χ1v) is 12.7. The number of thioether (sulfide) groups is 1. The third-order valence-electron chi connectivity index (χ3n) is 6.85. The molecule has 9 nitrogen and oxygen atoms in total. The number of carbonyl (C=O) groups is 2. The Hall–Kier alpha value is -3.41. The lowest BCUT2D eigenvalue weighted by Gasteiger charge is -2.20. The standard InChI is InChI=1S/C25H23FN4O5S/c26-15-4-1-13-2-6-22(33)30-10-17(23(15)24(13)30)27-8-7-18(31)19-11-29(25(34)35-19)14-3-5-20-16(9-14)28-21(32)12-36-20/h1-6,9,17-19,27,31H,7-8,10-12H2,(H,28,32)/t17-,18+,19+/m1/s1. The number of nitrogens with zero attached hydrogens (tertiary/aromatic N) is 2. The Bertz CT molecular complexity index is 1460. The molecule has 0 saturated carbocycles. The van der Waals surface area contributed by atoms with Crippen molar-refractivity contribution in [1.29, 1.82) is 0 Å². The fourth-order valence-corrected chi connectivity index (χ4v) is 5.87. The lowest BCUT2D eigenvalue weighted by molar-refractivity contribution is -0.113. The smallest absolute Gasteiger partial charge is 0.414 e. The van der Waals surface area contributed by atoms with Crippen LogP contribution in [-0.4, -0.2) is 52.7 Å². The molecule has 1 fully saturated rings. The van der Waals surface area contributed by atoms with Gasteiger partial charge in [0.05, 0.1) is 35.6 Å². The highest BCUT2D eigenvalue weighted by molar-refractivity contribution is 8.00. The van der Waals surface area contributed by atoms with E-state index in [9.17, 15) is 23.9 Å². The van der Waals surface area contributed by atoms with Crippen LogP contribution >= 0.6 is 11.8 Å². The Morgan fingerprint density at radius 2 is 2.00 bits per heavy atom. The van der Waals surface area contributed by atoms with Crippen molar-refractivity contribution < 1.29 is 23.8 Å². The molecule has 1 saturated heterocycles. The summed E-state index contributed by atoms with van der Waals surface area (Å²) in [6.07, 6.45) is -1.97. The molecule has 0 bridgehead atoms. The Morgan fingerprint density at radius 3 is 2.86 bits per heavy atom. The number of halogens is 1. The number of aromatic nitrogens is 1. The largest absolute Gasteiger partial charge is 0.441 e. The van der Waals surface area contributed by atoms with Crippen LogP contribution in [0.3, 0.4) is 0 Å². The summed E-state index contributed by atoms with van der Waals surface area (Å²) in [6, 6.07) is 11.2. The number of hydrogen-bond acceptors (Lipinski definition) is 7. The van der Waals surface area contributed by atoms with Gasteiger partial charge in [-0.1, -0.05) is 0 Å². The molecule has 3 aromatic rings. The van der Waals surface area contributed by atoms with Crippen LogP contribution in [-0.2, 0) is 16.1 Å². The van der Waals surface area contributed by atoms with E-state index < -0.39 is 24.3 Å². The van der Waals surface area contributed by atoms with Crippen molar-refractivity contribution in [2.45, 2.75) is 36.1 Å². The van der Waals surface area contributed by atoms with Gasteiger partial charge in [0.2, 0.25) is 5.91 Å². The first kappa shape index (κ1) is 23.0. The van der Waals surface area contributed by atoms with Crippen molar-refractivity contribution in [3.05, 3.63) is 64.2 Å². The van der Waals surface area contributed by atoms with Crippen LogP contribution in [0.25, 0.3) is 10.9 Å². The van der Waals surface area contributed by atoms with Gasteiger partial charge in [0, 0.05) is 28.8 Å². The molecule has 2 aromatic carbocycles. The molecule has 3 atom stereocenters. The highest BCUT2D eigenvalue weighted by Crippen LogP contribution is 2.36. The van der Waals surface area contributed by atoms with Gasteiger partial charge in [0.15, 0.2) is 0 Å². The molecule has 6 rings (SSSR count). The highest BCUT2D eigenvalue weighted by Gasteiger charge is 2.37. The minimum Gasteiger partial charge on any atom is -0.441 e. The van der Waals surface area contributed by atoms with Crippen LogP contribution in [0.4, 0.5) is 20.6 Å². The van der Waals surface area contributed by atoms with Crippen molar-refractivity contribution >= 4 is 46.0 Å². The number of benzene rings is 2. The van der Waals surface area contributed by atoms with Gasteiger partial charge >= 0.3 is 6.09 Å². The maximum absolute atomic E-state index is 14.6. The van der Waals surface area contributed by atoms with Crippen molar-refractivity contribution in [2.75, 3.05) is 29.1 Å². The topological polar surface area (TPSA) is 113 Å². The molecule has 36 heavy (non-hydrogen) atoms. The fourth-order valence-electron chi connectivity index (χ4n) is 5.08. The lowest BCUT2D eigenvalue weighted by atomic mass is 10.0. The predicted octanol–water partition coefficient (Wildman–Crippen LogP) is 2.61. The second-order valence-electron chi connectivity index (χ2n) is 9.09. The van der Waals surface area contributed by atoms with E-state index in [1.807, 2.05) is 6.07 Å². The summed E-state index contributed by atoms with van der Waals surface area (Å²) in [6.45, 7) is 0.806. The highest BCUT2D eigenvalue weighted by atomic mass is 32.2. The summed E-state index contributed by atoms with van der Waals surface area (Å²) in [5.41, 5.74) is 2.09. The molecule has 3 aliphatic rings. The number of aliphatic hydroxyl groups is 1. The summed E-state index contributed by atoms with van der Waals surface area (Å²) in [4.78, 5) is 38.9. The Morgan fingerprint density at radius 1 is 1.17 bits per heavy atom. The SMILES string of the molecule is O=C1CSc2ccc(N3C[C@@H]([C@@H](O)CCN[C@@H]4Cn5c(=O)ccc6ccc(F)c4c65)OC3=O)cc2N1. The van der Waals surface area contributed by atoms with Crippen LogP contribution < -0.4 is 21.1 Å². The third-order valence-corrected chi connectivity index (χ3v) is 7.93. The maximum atomic E-state index is 14.6. The zero-order valence-electron chi connectivity index (χ0n) is 19.1. The number of ether oxygens (including phenoxy) is 1. The third kappa shape index (κ3) is 3.93. The predicted molar refractivity (Wildman–Crippen MR) is 133 cm³/mol. The molecule has 11 heteroatoms. The summed E-state index contributed by atoms with van der Waals surface area (Å²) >= 11 is 1.43. The van der Waals surface area contributed by atoms with Crippen LogP contribution in [0, 0.1) is 5.82 Å². The van der Waals surface area contributed by atoms with E-state index in [4.69, 9.17) is 4.74 Å². The molecular formula is C25H23FN4O5S. The van der Waals surface area contributed by atoms with Gasteiger partial charge in [0.1, 0.15) is 11.9 Å². The number of hydrogen-bond donors (Lipinski definition) is 3. The van der Waals surface area contributed by atoms with Crippen molar-refractivity contribution in [3.8, 4) is 0 Å². The molecule has 3 N–H and O–H groups in total. The number of anilines is 2. The second kappa shape index (κ2) is 8.91. The summed E-state index contributed by atoms with van der Waals surface area (Å²) in [5, 5.41) is 17.6. The average molecular weight is 511 g/mol. The molecule has 3 aliphatic heterocycles. The zero-order valence-corrected chi connectivity index (χ0v) is 19.9. The number of amides is 2. The molecule has 0 spiro atoms. The van der Waals surface area contributed by atoms with E-state index >= 15 is 0 Å². The van der Waals surface area contributed by atoms with Gasteiger partial charge in [0.25, 0.3) is 5.56 Å². The van der Waals surface area contributed by atoms with Gasteiger partial charge < -0.3 is 25.0 Å². The van der Waals surface area contributed by atoms with Crippen molar-refractivity contribution in [1.82, 2.24) is 9.88 Å². The second-order valence-corrected chi connectivity index (χ2v) is 10.1. The first-order valence-electron chi connectivity index (χ1n) is 11.7. The van der Waals surface area contributed by atoms with Crippen LogP contribution in [0.2, 0.25) is 0 Å². The lowest BCUT2D eigenvalue weighted by Crippen LogP contribution is -2.34. The van der Waals surface area contributed by atoms with E-state index in [0.29, 0.717) is 41.3 Å². The van der Waals surface area contributed by atoms with Gasteiger partial charge in [-0.05, 0) is 54.8 Å². The number of fused-ring (bicyclic) bond motifs is 1. The van der Waals surface area contributed by atoms with Gasteiger partial charge in [-0.15, -0.1) is 11.8 Å².